The van der Waals surface area contributed by atoms with Crippen LogP contribution in [0.2, 0.25) is 5.02 Å². The van der Waals surface area contributed by atoms with Crippen LogP contribution in [-0.4, -0.2) is 32.3 Å². The summed E-state index contributed by atoms with van der Waals surface area (Å²) < 4.78 is 0. The van der Waals surface area contributed by atoms with Gasteiger partial charge in [0.15, 0.2) is 10.9 Å². The molecule has 2 heterocycles. The first-order chi connectivity index (χ1) is 9.15. The van der Waals surface area contributed by atoms with Gasteiger partial charge in [-0.25, -0.2) is 9.97 Å². The van der Waals surface area contributed by atoms with Gasteiger partial charge in [-0.3, -0.25) is 9.89 Å². The van der Waals surface area contributed by atoms with E-state index in [0.29, 0.717) is 11.0 Å². The second-order valence-corrected chi connectivity index (χ2v) is 4.81. The Morgan fingerprint density at radius 3 is 3.00 bits per heavy atom. The van der Waals surface area contributed by atoms with Crippen molar-refractivity contribution in [3.63, 3.8) is 0 Å². The molecule has 0 radical (unpaired) electrons. The van der Waals surface area contributed by atoms with E-state index in [1.165, 1.54) is 18.0 Å². The summed E-state index contributed by atoms with van der Waals surface area (Å²) in [5.74, 6) is 0.175. The smallest absolute Gasteiger partial charge is 0.277 e. The molecule has 0 aromatic carbocycles. The van der Waals surface area contributed by atoms with Crippen molar-refractivity contribution in [1.29, 1.82) is 0 Å². The summed E-state index contributed by atoms with van der Waals surface area (Å²) in [6.45, 7) is 1.98. The number of aromatic nitrogens is 4. The van der Waals surface area contributed by atoms with Gasteiger partial charge in [0, 0.05) is 5.56 Å². The number of thioether (sulfide) groups is 1. The Hall–Kier alpha value is -1.60. The van der Waals surface area contributed by atoms with Gasteiger partial charge >= 0.3 is 0 Å². The molecule has 0 saturated carbocycles. The second-order valence-electron chi connectivity index (χ2n) is 3.63. The number of rotatable bonds is 4. The number of carbonyl (C=O) groups excluding carboxylic acids is 1. The highest BCUT2D eigenvalue weighted by Crippen LogP contribution is 2.19. The topological polar surface area (TPSA) is 83.6 Å². The number of anilines is 1. The van der Waals surface area contributed by atoms with E-state index in [1.54, 1.807) is 6.20 Å². The average molecular weight is 298 g/mol. The minimum absolute atomic E-state index is 0.151. The molecular formula is C11H12ClN5OS. The van der Waals surface area contributed by atoms with Crippen LogP contribution in [0.3, 0.4) is 0 Å². The molecule has 0 spiro atoms. The quantitative estimate of drug-likeness (QED) is 0.669. The largest absolute Gasteiger partial charge is 0.305 e. The molecule has 100 valence electrons. The van der Waals surface area contributed by atoms with E-state index in [2.05, 4.69) is 25.5 Å². The van der Waals surface area contributed by atoms with Crippen molar-refractivity contribution in [2.45, 2.75) is 18.5 Å². The van der Waals surface area contributed by atoms with Crippen LogP contribution in [-0.2, 0) is 6.42 Å². The van der Waals surface area contributed by atoms with Crippen molar-refractivity contribution < 1.29 is 4.79 Å². The SMILES string of the molecule is CCc1cn[nH]c1NC(=O)c1nc(SC)ncc1Cl. The number of nitrogens with zero attached hydrogens (tertiary/aromatic N) is 3. The maximum Gasteiger partial charge on any atom is 0.277 e. The van der Waals surface area contributed by atoms with Gasteiger partial charge in [0.1, 0.15) is 5.82 Å². The predicted octanol–water partition coefficient (Wildman–Crippen LogP) is 2.39. The fourth-order valence-corrected chi connectivity index (χ4v) is 1.99. The van der Waals surface area contributed by atoms with Crippen molar-refractivity contribution in [3.05, 3.63) is 28.7 Å². The first kappa shape index (κ1) is 13.8. The summed E-state index contributed by atoms with van der Waals surface area (Å²) >= 11 is 7.28. The molecular weight excluding hydrogens is 286 g/mol. The van der Waals surface area contributed by atoms with Gasteiger partial charge in [-0.1, -0.05) is 30.3 Å². The lowest BCUT2D eigenvalue weighted by atomic mass is 10.2. The van der Waals surface area contributed by atoms with Crippen molar-refractivity contribution in [3.8, 4) is 0 Å². The third-order valence-corrected chi connectivity index (χ3v) is 3.30. The number of carbonyl (C=O) groups is 1. The van der Waals surface area contributed by atoms with Crippen molar-refractivity contribution in [1.82, 2.24) is 20.2 Å². The molecule has 19 heavy (non-hydrogen) atoms. The lowest BCUT2D eigenvalue weighted by Crippen LogP contribution is -2.16. The van der Waals surface area contributed by atoms with Crippen LogP contribution < -0.4 is 5.32 Å². The van der Waals surface area contributed by atoms with E-state index < -0.39 is 0 Å². The molecule has 2 rings (SSSR count). The standard InChI is InChI=1S/C11H12ClN5OS/c1-3-6-4-14-17-9(6)16-10(18)8-7(12)5-13-11(15-8)19-2/h4-5H,3H2,1-2H3,(H2,14,16,17,18). The Morgan fingerprint density at radius 2 is 2.32 bits per heavy atom. The Labute approximate surface area is 119 Å². The Morgan fingerprint density at radius 1 is 1.53 bits per heavy atom. The van der Waals surface area contributed by atoms with Gasteiger partial charge in [-0.15, -0.1) is 0 Å². The molecule has 8 heteroatoms. The maximum absolute atomic E-state index is 12.1. The average Bonchev–Trinajstić information content (AvgIpc) is 2.86. The fourth-order valence-electron chi connectivity index (χ4n) is 1.47. The lowest BCUT2D eigenvalue weighted by molar-refractivity contribution is 0.102. The Balaban J connectivity index is 2.25. The second kappa shape index (κ2) is 6.03. The zero-order chi connectivity index (χ0) is 13.8. The summed E-state index contributed by atoms with van der Waals surface area (Å²) in [6, 6.07) is 0. The molecule has 0 bridgehead atoms. The normalized spacial score (nSPS) is 10.5. The lowest BCUT2D eigenvalue weighted by Gasteiger charge is -2.06. The zero-order valence-corrected chi connectivity index (χ0v) is 12.0. The number of aromatic amines is 1. The Bertz CT molecular complexity index is 601. The van der Waals surface area contributed by atoms with E-state index in [4.69, 9.17) is 11.6 Å². The third kappa shape index (κ3) is 3.05. The first-order valence-corrected chi connectivity index (χ1v) is 7.16. The van der Waals surface area contributed by atoms with Crippen molar-refractivity contribution >= 4 is 35.1 Å². The summed E-state index contributed by atoms with van der Waals surface area (Å²) in [5, 5.41) is 10.0. The van der Waals surface area contributed by atoms with Gasteiger partial charge in [-0.2, -0.15) is 5.10 Å². The van der Waals surface area contributed by atoms with Gasteiger partial charge in [0.2, 0.25) is 0 Å². The highest BCUT2D eigenvalue weighted by molar-refractivity contribution is 7.98. The number of nitrogens with one attached hydrogen (secondary N) is 2. The van der Waals surface area contributed by atoms with Crippen LogP contribution in [0.1, 0.15) is 23.0 Å². The first-order valence-electron chi connectivity index (χ1n) is 5.55. The van der Waals surface area contributed by atoms with Gasteiger partial charge < -0.3 is 5.32 Å². The molecule has 6 nitrogen and oxygen atoms in total. The van der Waals surface area contributed by atoms with Crippen molar-refractivity contribution in [2.75, 3.05) is 11.6 Å². The van der Waals surface area contributed by atoms with Gasteiger partial charge in [0.25, 0.3) is 5.91 Å². The fraction of sp³-hybridized carbons (Fsp3) is 0.273. The molecule has 2 aromatic rings. The third-order valence-electron chi connectivity index (χ3n) is 2.46. The minimum atomic E-state index is -0.387. The highest BCUT2D eigenvalue weighted by Gasteiger charge is 2.16. The molecule has 0 fully saturated rings. The summed E-state index contributed by atoms with van der Waals surface area (Å²) in [6.07, 6.45) is 5.68. The number of halogens is 1. The van der Waals surface area contributed by atoms with Crippen LogP contribution >= 0.6 is 23.4 Å². The number of amides is 1. The number of hydrogen-bond donors (Lipinski definition) is 2. The number of aryl methyl sites for hydroxylation is 1. The maximum atomic E-state index is 12.1. The minimum Gasteiger partial charge on any atom is -0.305 e. The molecule has 1 amide bonds. The zero-order valence-electron chi connectivity index (χ0n) is 10.4. The van der Waals surface area contributed by atoms with Crippen LogP contribution in [0.15, 0.2) is 17.6 Å². The Kier molecular flexibility index (Phi) is 4.39. The van der Waals surface area contributed by atoms with Crippen LogP contribution in [0, 0.1) is 0 Å². The monoisotopic (exact) mass is 297 g/mol. The van der Waals surface area contributed by atoms with Crippen LogP contribution in [0.5, 0.6) is 0 Å². The van der Waals surface area contributed by atoms with E-state index in [1.807, 2.05) is 13.2 Å². The van der Waals surface area contributed by atoms with E-state index in [-0.39, 0.29) is 16.6 Å². The van der Waals surface area contributed by atoms with E-state index in [9.17, 15) is 4.79 Å². The molecule has 0 aliphatic carbocycles. The number of H-pyrrole nitrogens is 1. The number of hydrogen-bond acceptors (Lipinski definition) is 5. The van der Waals surface area contributed by atoms with Crippen LogP contribution in [0.4, 0.5) is 5.82 Å². The molecule has 0 unspecified atom stereocenters. The summed E-state index contributed by atoms with van der Waals surface area (Å²) in [4.78, 5) is 20.2. The van der Waals surface area contributed by atoms with Crippen LogP contribution in [0.25, 0.3) is 0 Å². The molecule has 0 aliphatic heterocycles. The molecule has 0 atom stereocenters. The molecule has 0 aliphatic rings. The molecule has 2 N–H and O–H groups in total. The van der Waals surface area contributed by atoms with Gasteiger partial charge in [0.05, 0.1) is 17.4 Å². The predicted molar refractivity (Wildman–Crippen MR) is 74.7 cm³/mol. The summed E-state index contributed by atoms with van der Waals surface area (Å²) in [5.41, 5.74) is 1.07. The van der Waals surface area contributed by atoms with E-state index >= 15 is 0 Å². The highest BCUT2D eigenvalue weighted by atomic mass is 35.5. The van der Waals surface area contributed by atoms with Gasteiger partial charge in [-0.05, 0) is 12.7 Å². The van der Waals surface area contributed by atoms with E-state index in [0.717, 1.165) is 12.0 Å². The molecule has 2 aromatic heterocycles. The van der Waals surface area contributed by atoms with Crippen molar-refractivity contribution in [2.24, 2.45) is 0 Å². The molecule has 0 saturated heterocycles. The summed E-state index contributed by atoms with van der Waals surface area (Å²) in [7, 11) is 0.